The summed E-state index contributed by atoms with van der Waals surface area (Å²) in [5.74, 6) is -0.306. The second kappa shape index (κ2) is 10.5. The number of aromatic nitrogens is 1. The number of anilines is 1. The highest BCUT2D eigenvalue weighted by Gasteiger charge is 2.24. The molecule has 4 aromatic rings. The summed E-state index contributed by atoms with van der Waals surface area (Å²) >= 11 is 6.37. The highest BCUT2D eigenvalue weighted by molar-refractivity contribution is 7.92. The number of phenolic OH excluding ortho intramolecular Hbond substituents is 2. The fourth-order valence-corrected chi connectivity index (χ4v) is 5.91. The van der Waals surface area contributed by atoms with Gasteiger partial charge in [-0.15, -0.1) is 0 Å². The van der Waals surface area contributed by atoms with Crippen molar-refractivity contribution in [3.63, 3.8) is 0 Å². The number of phenols is 2. The summed E-state index contributed by atoms with van der Waals surface area (Å²) in [5.41, 5.74) is 2.02. The van der Waals surface area contributed by atoms with Gasteiger partial charge in [0.1, 0.15) is 11.5 Å². The number of hydrogen-bond acceptors (Lipinski definition) is 6. The monoisotopic (exact) mass is 571 g/mol. The lowest BCUT2D eigenvalue weighted by molar-refractivity contribution is -0.905. The number of halogens is 1. The zero-order valence-corrected chi connectivity index (χ0v) is 23.9. The third kappa shape index (κ3) is 5.84. The first-order chi connectivity index (χ1) is 18.2. The molecular weight excluding hydrogens is 540 g/mol. The van der Waals surface area contributed by atoms with Crippen LogP contribution in [0.2, 0.25) is 5.02 Å². The van der Waals surface area contributed by atoms with Gasteiger partial charge in [-0.05, 0) is 59.7 Å². The number of hydrogen-bond donors (Lipinski definition) is 4. The first-order valence-electron chi connectivity index (χ1n) is 12.3. The van der Waals surface area contributed by atoms with E-state index in [9.17, 15) is 23.8 Å². The number of nitrogens with zero attached hydrogens (tertiary/aromatic N) is 1. The van der Waals surface area contributed by atoms with E-state index in [1.165, 1.54) is 49.8 Å². The molecule has 4 rings (SSSR count). The maximum absolute atomic E-state index is 13.3. The van der Waals surface area contributed by atoms with Crippen LogP contribution >= 0.6 is 11.6 Å². The lowest BCUT2D eigenvalue weighted by Gasteiger charge is -2.20. The van der Waals surface area contributed by atoms with Crippen molar-refractivity contribution in [2.75, 3.05) is 11.8 Å². The van der Waals surface area contributed by atoms with Crippen LogP contribution in [0.15, 0.2) is 65.8 Å². The number of pyridine rings is 1. The molecule has 1 unspecified atom stereocenters. The molecule has 1 atom stereocenters. The van der Waals surface area contributed by atoms with Crippen molar-refractivity contribution in [1.82, 2.24) is 0 Å². The van der Waals surface area contributed by atoms with Gasteiger partial charge in [-0.25, -0.2) is 8.42 Å². The van der Waals surface area contributed by atoms with Crippen LogP contribution in [0.4, 0.5) is 5.69 Å². The number of ether oxygens (including phenoxy) is 1. The summed E-state index contributed by atoms with van der Waals surface area (Å²) in [7, 11) is -2.55. The summed E-state index contributed by atoms with van der Waals surface area (Å²) in [5, 5.41) is 32.6. The van der Waals surface area contributed by atoms with Gasteiger partial charge in [0.2, 0.25) is 6.20 Å². The van der Waals surface area contributed by atoms with Gasteiger partial charge < -0.3 is 14.9 Å². The summed E-state index contributed by atoms with van der Waals surface area (Å²) in [6.07, 6.45) is 3.29. The zero-order chi connectivity index (χ0) is 28.7. The Morgan fingerprint density at radius 1 is 1.03 bits per heavy atom. The van der Waals surface area contributed by atoms with Crippen molar-refractivity contribution in [3.8, 4) is 17.2 Å². The summed E-state index contributed by atoms with van der Waals surface area (Å²) in [6.45, 7) is 7.96. The van der Waals surface area contributed by atoms with E-state index in [2.05, 4.69) is 4.72 Å². The van der Waals surface area contributed by atoms with Gasteiger partial charge in [-0.1, -0.05) is 51.4 Å². The second-order valence-corrected chi connectivity index (χ2v) is 12.7. The molecule has 0 saturated carbocycles. The van der Waals surface area contributed by atoms with Crippen LogP contribution in [0.1, 0.15) is 50.3 Å². The Labute approximate surface area is 233 Å². The number of aromatic hydroxyl groups is 2. The number of rotatable bonds is 7. The molecular formula is C29H32ClN2O6S+. The Morgan fingerprint density at radius 2 is 1.69 bits per heavy atom. The first kappa shape index (κ1) is 28.3. The molecule has 0 aliphatic carbocycles. The van der Waals surface area contributed by atoms with Crippen molar-refractivity contribution < 1.29 is 33.3 Å². The molecule has 8 nitrogen and oxygen atoms in total. The Kier molecular flexibility index (Phi) is 7.60. The van der Waals surface area contributed by atoms with Crippen LogP contribution in [0, 0.1) is 0 Å². The summed E-state index contributed by atoms with van der Waals surface area (Å²) < 4.78 is 35.3. The Bertz CT molecular complexity index is 1650. The van der Waals surface area contributed by atoms with Crippen molar-refractivity contribution in [2.45, 2.75) is 50.3 Å². The van der Waals surface area contributed by atoms with Crippen molar-refractivity contribution >= 4 is 38.1 Å². The third-order valence-electron chi connectivity index (χ3n) is 6.68. The van der Waals surface area contributed by atoms with Crippen molar-refractivity contribution in [1.29, 1.82) is 0 Å². The summed E-state index contributed by atoms with van der Waals surface area (Å²) in [4.78, 5) is 0.0576. The van der Waals surface area contributed by atoms with Crippen LogP contribution in [0.3, 0.4) is 0 Å². The van der Waals surface area contributed by atoms with Crippen LogP contribution < -0.4 is 14.2 Å². The molecule has 10 heteroatoms. The lowest BCUT2D eigenvalue weighted by atomic mass is 9.87. The maximum Gasteiger partial charge on any atom is 0.263 e. The highest BCUT2D eigenvalue weighted by Crippen LogP contribution is 2.46. The van der Waals surface area contributed by atoms with E-state index in [1.54, 1.807) is 18.2 Å². The minimum absolute atomic E-state index is 0.0576. The maximum atomic E-state index is 13.3. The van der Waals surface area contributed by atoms with Gasteiger partial charge in [-0.3, -0.25) is 9.93 Å². The predicted octanol–water partition coefficient (Wildman–Crippen LogP) is 5.88. The van der Waals surface area contributed by atoms with E-state index in [1.807, 2.05) is 27.7 Å². The largest absolute Gasteiger partial charge is 0.507 e. The van der Waals surface area contributed by atoms with E-state index in [0.717, 1.165) is 10.3 Å². The van der Waals surface area contributed by atoms with E-state index < -0.39 is 10.0 Å². The average molecular weight is 572 g/mol. The molecule has 0 aliphatic heterocycles. The standard InChI is InChI=1S/C29H31ClN2O6S/c1-17(12-18-13-20(38-5)16-32(35)15-18)22-14-25(33)26-23(30)10-11-24(27(26)28(22)34)31-39(36,37)21-8-6-19(7-9-21)29(2,3)4/h6-11,13-17,31H,12H2,1-5H3,(H2-,33,34,35)/p+1. The van der Waals surface area contributed by atoms with Crippen LogP contribution in [0.25, 0.3) is 10.8 Å². The quantitative estimate of drug-likeness (QED) is 0.125. The smallest absolute Gasteiger partial charge is 0.263 e. The normalized spacial score (nSPS) is 12.9. The Morgan fingerprint density at radius 3 is 2.31 bits per heavy atom. The lowest BCUT2D eigenvalue weighted by Crippen LogP contribution is -2.29. The highest BCUT2D eigenvalue weighted by atomic mass is 35.5. The van der Waals surface area contributed by atoms with Gasteiger partial charge in [-0.2, -0.15) is 0 Å². The average Bonchev–Trinajstić information content (AvgIpc) is 2.86. The number of sulfonamides is 1. The zero-order valence-electron chi connectivity index (χ0n) is 22.4. The SMILES string of the molecule is COc1cc(CC(C)c2cc(O)c3c(Cl)ccc(NS(=O)(=O)c4ccc(C(C)(C)C)cc4)c3c2O)c[n+](O)c1. The molecule has 0 amide bonds. The van der Waals surface area contributed by atoms with Gasteiger partial charge in [0.05, 0.1) is 28.1 Å². The fraction of sp³-hybridized carbons (Fsp3) is 0.276. The number of benzene rings is 3. The molecule has 0 aliphatic rings. The second-order valence-electron chi connectivity index (χ2n) is 10.6. The van der Waals surface area contributed by atoms with E-state index >= 15 is 0 Å². The molecule has 0 fully saturated rings. The molecule has 3 aromatic carbocycles. The molecule has 1 heterocycles. The topological polar surface area (TPSA) is 120 Å². The van der Waals surface area contributed by atoms with Gasteiger partial charge in [0.25, 0.3) is 16.2 Å². The molecule has 1 aromatic heterocycles. The number of methoxy groups -OCH3 is 1. The minimum atomic E-state index is -4.03. The molecule has 206 valence electrons. The molecule has 39 heavy (non-hydrogen) atoms. The molecule has 0 radical (unpaired) electrons. The van der Waals surface area contributed by atoms with E-state index in [4.69, 9.17) is 16.3 Å². The summed E-state index contributed by atoms with van der Waals surface area (Å²) in [6, 6.07) is 12.7. The Balaban J connectivity index is 1.77. The van der Waals surface area contributed by atoms with E-state index in [0.29, 0.717) is 23.3 Å². The third-order valence-corrected chi connectivity index (χ3v) is 8.38. The number of fused-ring (bicyclic) bond motifs is 1. The van der Waals surface area contributed by atoms with E-state index in [-0.39, 0.29) is 49.2 Å². The molecule has 4 N–H and O–H groups in total. The van der Waals surface area contributed by atoms with Crippen molar-refractivity contribution in [2.24, 2.45) is 0 Å². The first-order valence-corrected chi connectivity index (χ1v) is 14.2. The van der Waals surface area contributed by atoms with Gasteiger partial charge in [0, 0.05) is 21.2 Å². The van der Waals surface area contributed by atoms with Gasteiger partial charge in [0.15, 0.2) is 5.75 Å². The van der Waals surface area contributed by atoms with Crippen molar-refractivity contribution in [3.05, 3.63) is 82.6 Å². The van der Waals surface area contributed by atoms with Crippen LogP contribution in [0.5, 0.6) is 17.2 Å². The molecule has 0 saturated heterocycles. The van der Waals surface area contributed by atoms with Gasteiger partial charge >= 0.3 is 0 Å². The van der Waals surface area contributed by atoms with Crippen LogP contribution in [-0.2, 0) is 21.9 Å². The number of nitrogens with one attached hydrogen (secondary N) is 1. The predicted molar refractivity (Wildman–Crippen MR) is 151 cm³/mol. The fourth-order valence-electron chi connectivity index (χ4n) is 4.59. The Hall–Kier alpha value is -3.69. The van der Waals surface area contributed by atoms with Crippen LogP contribution in [-0.4, -0.2) is 30.9 Å². The minimum Gasteiger partial charge on any atom is -0.507 e. The molecule has 0 spiro atoms. The molecule has 0 bridgehead atoms.